The number of hydrogen-bond donors (Lipinski definition) is 0. The zero-order chi connectivity index (χ0) is 24.1. The Labute approximate surface area is 205 Å². The number of aromatic nitrogens is 6. The molecule has 35 heavy (non-hydrogen) atoms. The van der Waals surface area contributed by atoms with E-state index in [9.17, 15) is 4.79 Å². The van der Waals surface area contributed by atoms with Crippen LogP contribution in [-0.4, -0.2) is 29.1 Å². The van der Waals surface area contributed by atoms with Gasteiger partial charge in [-0.1, -0.05) is 48.2 Å². The summed E-state index contributed by atoms with van der Waals surface area (Å²) in [5.41, 5.74) is 7.09. The van der Waals surface area contributed by atoms with Gasteiger partial charge in [-0.05, 0) is 62.2 Å². The highest BCUT2D eigenvalue weighted by atomic mass is 32.2. The second-order valence-corrected chi connectivity index (χ2v) is 9.54. The fraction of sp³-hybridized carbons (Fsp3) is 0.148. The number of benzene rings is 3. The Morgan fingerprint density at radius 1 is 0.857 bits per heavy atom. The van der Waals surface area contributed by atoms with Gasteiger partial charge in [0.2, 0.25) is 5.78 Å². The monoisotopic (exact) mass is 478 g/mol. The van der Waals surface area contributed by atoms with Crippen molar-refractivity contribution in [2.45, 2.75) is 31.7 Å². The fourth-order valence-electron chi connectivity index (χ4n) is 4.34. The third-order valence-corrected chi connectivity index (χ3v) is 7.12. The van der Waals surface area contributed by atoms with Crippen LogP contribution in [0.5, 0.6) is 0 Å². The second-order valence-electron chi connectivity index (χ2n) is 8.60. The predicted molar refractivity (Wildman–Crippen MR) is 139 cm³/mol. The summed E-state index contributed by atoms with van der Waals surface area (Å²) in [4.78, 5) is 23.1. The van der Waals surface area contributed by atoms with Gasteiger partial charge in [-0.25, -0.2) is 14.5 Å². The second kappa shape index (κ2) is 8.32. The molecule has 0 spiro atoms. The molecule has 6 aromatic rings. The largest absolute Gasteiger partial charge is 0.268 e. The molecule has 0 aliphatic heterocycles. The van der Waals surface area contributed by atoms with Crippen LogP contribution in [0.15, 0.2) is 76.7 Å². The summed E-state index contributed by atoms with van der Waals surface area (Å²) in [5.74, 6) is 1.08. The Balaban J connectivity index is 1.52. The number of para-hydroxylation sites is 3. The maximum atomic E-state index is 13.6. The summed E-state index contributed by atoms with van der Waals surface area (Å²) < 4.78 is 3.63. The summed E-state index contributed by atoms with van der Waals surface area (Å²) in [6.45, 7) is 6.00. The minimum absolute atomic E-state index is 0.109. The summed E-state index contributed by atoms with van der Waals surface area (Å²) in [7, 11) is 0. The third kappa shape index (κ3) is 3.57. The van der Waals surface area contributed by atoms with Gasteiger partial charge in [0.25, 0.3) is 5.56 Å². The van der Waals surface area contributed by atoms with Crippen LogP contribution in [0.25, 0.3) is 33.4 Å². The highest BCUT2D eigenvalue weighted by Crippen LogP contribution is 2.27. The lowest BCUT2D eigenvalue weighted by molar-refractivity contribution is 0.926. The number of nitrogens with zero attached hydrogens (tertiary/aromatic N) is 6. The van der Waals surface area contributed by atoms with Crippen LogP contribution in [-0.2, 0) is 5.75 Å². The molecule has 3 aromatic heterocycles. The topological polar surface area (TPSA) is 78.0 Å². The SMILES string of the molecule is Cc1ccc(C)c(-n2c(=O)c3ccccc3n3c(SCc4nc5ccccc5nc4C)nnc23)c1. The molecule has 0 N–H and O–H groups in total. The predicted octanol–water partition coefficient (Wildman–Crippen LogP) is 5.19. The maximum absolute atomic E-state index is 13.6. The fourth-order valence-corrected chi connectivity index (χ4v) is 5.29. The molecule has 0 aliphatic carbocycles. The lowest BCUT2D eigenvalue weighted by atomic mass is 10.1. The van der Waals surface area contributed by atoms with E-state index in [0.29, 0.717) is 22.1 Å². The number of rotatable bonds is 4. The first kappa shape index (κ1) is 21.5. The Hall–Kier alpha value is -4.04. The van der Waals surface area contributed by atoms with Crippen LogP contribution in [0.3, 0.4) is 0 Å². The molecule has 0 saturated heterocycles. The van der Waals surface area contributed by atoms with Gasteiger partial charge < -0.3 is 0 Å². The van der Waals surface area contributed by atoms with Crippen molar-refractivity contribution in [3.63, 3.8) is 0 Å². The quantitative estimate of drug-likeness (QED) is 0.324. The molecule has 0 bridgehead atoms. The van der Waals surface area contributed by atoms with Crippen LogP contribution >= 0.6 is 11.8 Å². The van der Waals surface area contributed by atoms with Crippen LogP contribution in [0.4, 0.5) is 0 Å². The molecule has 172 valence electrons. The maximum Gasteiger partial charge on any atom is 0.267 e. The van der Waals surface area contributed by atoms with Crippen molar-refractivity contribution >= 4 is 39.5 Å². The van der Waals surface area contributed by atoms with Crippen molar-refractivity contribution < 1.29 is 0 Å². The number of aryl methyl sites for hydroxylation is 3. The van der Waals surface area contributed by atoms with Crippen LogP contribution < -0.4 is 5.56 Å². The summed E-state index contributed by atoms with van der Waals surface area (Å²) in [6.07, 6.45) is 0. The minimum Gasteiger partial charge on any atom is -0.268 e. The molecule has 0 aliphatic rings. The zero-order valence-corrected chi connectivity index (χ0v) is 20.4. The molecular weight excluding hydrogens is 456 g/mol. The molecule has 0 saturated carbocycles. The highest BCUT2D eigenvalue weighted by Gasteiger charge is 2.19. The van der Waals surface area contributed by atoms with Gasteiger partial charge in [0.1, 0.15) is 0 Å². The van der Waals surface area contributed by atoms with E-state index in [1.165, 1.54) is 11.8 Å². The Morgan fingerprint density at radius 2 is 1.60 bits per heavy atom. The molecule has 0 atom stereocenters. The van der Waals surface area contributed by atoms with Gasteiger partial charge in [-0.15, -0.1) is 10.2 Å². The van der Waals surface area contributed by atoms with Gasteiger partial charge in [-0.2, -0.15) is 0 Å². The zero-order valence-electron chi connectivity index (χ0n) is 19.6. The minimum atomic E-state index is -0.109. The average Bonchev–Trinajstić information content (AvgIpc) is 3.28. The van der Waals surface area contributed by atoms with E-state index in [4.69, 9.17) is 9.97 Å². The summed E-state index contributed by atoms with van der Waals surface area (Å²) >= 11 is 1.54. The number of thioether (sulfide) groups is 1. The first-order valence-electron chi connectivity index (χ1n) is 11.3. The van der Waals surface area contributed by atoms with E-state index >= 15 is 0 Å². The van der Waals surface area contributed by atoms with Crippen molar-refractivity contribution in [3.8, 4) is 5.69 Å². The molecule has 0 amide bonds. The summed E-state index contributed by atoms with van der Waals surface area (Å²) in [6, 6.07) is 21.6. The Kier molecular flexibility index (Phi) is 5.11. The number of fused-ring (bicyclic) bond motifs is 4. The molecule has 3 heterocycles. The van der Waals surface area contributed by atoms with Crippen molar-refractivity contribution in [1.82, 2.24) is 29.1 Å². The van der Waals surface area contributed by atoms with Crippen molar-refractivity contribution in [3.05, 3.63) is 99.6 Å². The standard InChI is InChI=1S/C27H22N6OS/c1-16-12-13-17(2)24(14-16)32-25(34)19-8-4-7-11-23(19)33-26(32)30-31-27(33)35-15-22-18(3)28-20-9-5-6-10-21(20)29-22/h4-14H,15H2,1-3H3. The van der Waals surface area contributed by atoms with Crippen molar-refractivity contribution in [2.24, 2.45) is 0 Å². The Bertz CT molecular complexity index is 1820. The van der Waals surface area contributed by atoms with Crippen molar-refractivity contribution in [1.29, 1.82) is 0 Å². The lowest BCUT2D eigenvalue weighted by Gasteiger charge is -2.14. The van der Waals surface area contributed by atoms with Gasteiger partial charge in [0.05, 0.1) is 39.0 Å². The highest BCUT2D eigenvalue weighted by molar-refractivity contribution is 7.98. The smallest absolute Gasteiger partial charge is 0.267 e. The first-order chi connectivity index (χ1) is 17.0. The molecule has 0 radical (unpaired) electrons. The van der Waals surface area contributed by atoms with Gasteiger partial charge in [-0.3, -0.25) is 9.20 Å². The van der Waals surface area contributed by atoms with E-state index in [1.54, 1.807) is 4.57 Å². The molecular formula is C27H22N6OS. The van der Waals surface area contributed by atoms with Gasteiger partial charge in [0, 0.05) is 5.75 Å². The first-order valence-corrected chi connectivity index (χ1v) is 12.3. The molecule has 0 fully saturated rings. The van der Waals surface area contributed by atoms with Gasteiger partial charge >= 0.3 is 0 Å². The van der Waals surface area contributed by atoms with E-state index in [1.807, 2.05) is 91.9 Å². The van der Waals surface area contributed by atoms with Gasteiger partial charge in [0.15, 0.2) is 5.16 Å². The molecule has 6 rings (SSSR count). The van der Waals surface area contributed by atoms with E-state index in [0.717, 1.165) is 44.8 Å². The van der Waals surface area contributed by atoms with Crippen molar-refractivity contribution in [2.75, 3.05) is 0 Å². The third-order valence-electron chi connectivity index (χ3n) is 6.18. The summed E-state index contributed by atoms with van der Waals surface area (Å²) in [5, 5.41) is 10.3. The molecule has 8 heteroatoms. The molecule has 7 nitrogen and oxygen atoms in total. The van der Waals surface area contributed by atoms with Crippen LogP contribution in [0.2, 0.25) is 0 Å². The number of hydrogen-bond acceptors (Lipinski definition) is 6. The average molecular weight is 479 g/mol. The Morgan fingerprint density at radius 3 is 2.43 bits per heavy atom. The van der Waals surface area contributed by atoms with E-state index in [-0.39, 0.29) is 5.56 Å². The lowest BCUT2D eigenvalue weighted by Crippen LogP contribution is -2.22. The molecule has 3 aromatic carbocycles. The van der Waals surface area contributed by atoms with E-state index < -0.39 is 0 Å². The van der Waals surface area contributed by atoms with Crippen LogP contribution in [0, 0.1) is 20.8 Å². The van der Waals surface area contributed by atoms with E-state index in [2.05, 4.69) is 10.2 Å². The van der Waals surface area contributed by atoms with Crippen LogP contribution in [0.1, 0.15) is 22.5 Å². The normalized spacial score (nSPS) is 11.6. The molecule has 0 unspecified atom stereocenters.